The Morgan fingerprint density at radius 3 is 1.95 bits per heavy atom. The molecule has 0 bridgehead atoms. The normalized spacial score (nSPS) is 36.2. The molecule has 1 aliphatic carbocycles. The van der Waals surface area contributed by atoms with Crippen molar-refractivity contribution in [2.24, 2.45) is 17.3 Å². The van der Waals surface area contributed by atoms with Crippen LogP contribution in [0.3, 0.4) is 0 Å². The lowest BCUT2D eigenvalue weighted by molar-refractivity contribution is -0.00306. The van der Waals surface area contributed by atoms with Crippen molar-refractivity contribution in [3.8, 4) is 0 Å². The second kappa shape index (κ2) is 4.42. The number of hydrogen-bond donors (Lipinski definition) is 0. The van der Waals surface area contributed by atoms with Gasteiger partial charge in [0.05, 0.1) is 0 Å². The van der Waals surface area contributed by atoms with Gasteiger partial charge in [-0.05, 0) is 38.0 Å². The van der Waals surface area contributed by atoms with E-state index in [0.717, 1.165) is 6.54 Å². The maximum absolute atomic E-state index is 12.2. The van der Waals surface area contributed by atoms with Crippen LogP contribution in [0.4, 0.5) is 0 Å². The van der Waals surface area contributed by atoms with Crippen molar-refractivity contribution in [3.63, 3.8) is 0 Å². The third-order valence-electron chi connectivity index (χ3n) is 4.69. The molecule has 0 aromatic rings. The van der Waals surface area contributed by atoms with Gasteiger partial charge in [0.25, 0.3) is 0 Å². The highest BCUT2D eigenvalue weighted by atomic mass is 16.6. The van der Waals surface area contributed by atoms with Crippen LogP contribution in [0.5, 0.6) is 0 Å². The Morgan fingerprint density at radius 2 is 1.58 bits per heavy atom. The van der Waals surface area contributed by atoms with Crippen molar-refractivity contribution >= 4 is 0 Å². The molecule has 1 saturated carbocycles. The molecule has 0 unspecified atom stereocenters. The van der Waals surface area contributed by atoms with Gasteiger partial charge in [-0.2, -0.15) is 0 Å². The van der Waals surface area contributed by atoms with E-state index in [1.165, 1.54) is 5.17 Å². The van der Waals surface area contributed by atoms with Gasteiger partial charge in [-0.15, -0.1) is 0 Å². The molecule has 0 aromatic carbocycles. The summed E-state index contributed by atoms with van der Waals surface area (Å²) in [5, 5.41) is 15.0. The third kappa shape index (κ3) is 2.56. The lowest BCUT2D eigenvalue weighted by Gasteiger charge is -2.47. The molecule has 1 saturated heterocycles. The first-order chi connectivity index (χ1) is 8.46. The van der Waals surface area contributed by atoms with E-state index in [1.807, 2.05) is 14.1 Å². The molecule has 0 amide bonds. The molecule has 19 heavy (non-hydrogen) atoms. The zero-order valence-corrected chi connectivity index (χ0v) is 13.8. The summed E-state index contributed by atoms with van der Waals surface area (Å²) in [5.74, 6) is 1.07. The van der Waals surface area contributed by atoms with Crippen LogP contribution in [0.15, 0.2) is 0 Å². The number of likely N-dealkylation sites (tertiary alicyclic amines) is 1. The maximum Gasteiger partial charge on any atom is 0.0201 e. The van der Waals surface area contributed by atoms with Gasteiger partial charge >= 0.3 is 0 Å². The summed E-state index contributed by atoms with van der Waals surface area (Å²) in [6.45, 7) is 14.8. The molecule has 1 heterocycles. The Morgan fingerprint density at radius 1 is 1.05 bits per heavy atom. The van der Waals surface area contributed by atoms with E-state index >= 15 is 0 Å². The molecule has 4 atom stereocenters. The highest BCUT2D eigenvalue weighted by Crippen LogP contribution is 2.58. The van der Waals surface area contributed by atoms with Crippen LogP contribution in [0, 0.1) is 22.5 Å². The highest BCUT2D eigenvalue weighted by molar-refractivity contribution is 5.19. The molecule has 0 aromatic heterocycles. The minimum Gasteiger partial charge on any atom is -0.771 e. The Hall–Kier alpha value is -0.160. The average Bonchev–Trinajstić information content (AvgIpc) is 2.71. The SMILES string of the molecule is CN(C)N([O-])[C@H]1[C@@H]2CN(C(C)(C)C)[C@H](C(C)(C)C)[C@@H]21. The molecule has 4 nitrogen and oxygen atoms in total. The van der Waals surface area contributed by atoms with Crippen LogP contribution in [-0.2, 0) is 0 Å². The minimum absolute atomic E-state index is 0.182. The van der Waals surface area contributed by atoms with Gasteiger partial charge in [-0.25, -0.2) is 0 Å². The van der Waals surface area contributed by atoms with Gasteiger partial charge in [0.1, 0.15) is 0 Å². The summed E-state index contributed by atoms with van der Waals surface area (Å²) in [7, 11) is 3.68. The molecular weight excluding hydrogens is 238 g/mol. The fraction of sp³-hybridized carbons (Fsp3) is 1.00. The van der Waals surface area contributed by atoms with Crippen LogP contribution >= 0.6 is 0 Å². The topological polar surface area (TPSA) is 32.8 Å². The molecule has 0 radical (unpaired) electrons. The molecule has 2 rings (SSSR count). The largest absolute Gasteiger partial charge is 0.771 e. The molecule has 112 valence electrons. The van der Waals surface area contributed by atoms with Gasteiger partial charge in [-0.1, -0.05) is 20.8 Å². The number of fused-ring (bicyclic) bond motifs is 1. The van der Waals surface area contributed by atoms with E-state index in [2.05, 4.69) is 46.4 Å². The Kier molecular flexibility index (Phi) is 3.54. The van der Waals surface area contributed by atoms with Crippen molar-refractivity contribution in [1.29, 1.82) is 0 Å². The van der Waals surface area contributed by atoms with E-state index in [4.69, 9.17) is 0 Å². The van der Waals surface area contributed by atoms with Crippen molar-refractivity contribution in [3.05, 3.63) is 5.21 Å². The molecule has 0 N–H and O–H groups in total. The van der Waals surface area contributed by atoms with Gasteiger partial charge < -0.3 is 10.4 Å². The van der Waals surface area contributed by atoms with Gasteiger partial charge in [0, 0.05) is 38.3 Å². The number of piperidine rings is 1. The summed E-state index contributed by atoms with van der Waals surface area (Å²) in [5.41, 5.74) is 0.399. The number of rotatable bonds is 2. The van der Waals surface area contributed by atoms with Crippen molar-refractivity contribution in [2.75, 3.05) is 20.6 Å². The van der Waals surface area contributed by atoms with E-state index in [-0.39, 0.29) is 17.0 Å². The lowest BCUT2D eigenvalue weighted by Crippen LogP contribution is -2.54. The molecule has 0 spiro atoms. The summed E-state index contributed by atoms with van der Waals surface area (Å²) in [4.78, 5) is 2.61. The minimum atomic E-state index is 0.182. The number of nitrogens with zero attached hydrogens (tertiary/aromatic N) is 3. The van der Waals surface area contributed by atoms with E-state index < -0.39 is 0 Å². The van der Waals surface area contributed by atoms with Gasteiger partial charge in [0.15, 0.2) is 0 Å². The van der Waals surface area contributed by atoms with Crippen LogP contribution in [0.2, 0.25) is 0 Å². The molecule has 4 heteroatoms. The zero-order chi connectivity index (χ0) is 14.7. The predicted octanol–water partition coefficient (Wildman–Crippen LogP) is 2.41. The second-order valence-electron chi connectivity index (χ2n) is 8.52. The van der Waals surface area contributed by atoms with Gasteiger partial charge in [0.2, 0.25) is 0 Å². The first-order valence-corrected chi connectivity index (χ1v) is 7.36. The van der Waals surface area contributed by atoms with Crippen LogP contribution in [0.1, 0.15) is 41.5 Å². The van der Waals surface area contributed by atoms with Crippen molar-refractivity contribution in [2.45, 2.75) is 59.2 Å². The fourth-order valence-electron chi connectivity index (χ4n) is 3.89. The monoisotopic (exact) mass is 268 g/mol. The van der Waals surface area contributed by atoms with E-state index in [1.54, 1.807) is 5.01 Å². The first kappa shape index (κ1) is 15.2. The van der Waals surface area contributed by atoms with E-state index in [0.29, 0.717) is 17.9 Å². The standard InChI is InChI=1S/C15H30N3O/c1-14(2,3)13-11-10(9-17(13)15(4,5)6)12(11)18(19)16(7)8/h10-13H,9H2,1-8H3/q-1/t10-,11+,12+,13+/m1/s1. The Labute approximate surface area is 118 Å². The summed E-state index contributed by atoms with van der Waals surface area (Å²) < 4.78 is 0. The van der Waals surface area contributed by atoms with Crippen molar-refractivity contribution < 1.29 is 0 Å². The summed E-state index contributed by atoms with van der Waals surface area (Å²) in [6.07, 6.45) is 0. The van der Waals surface area contributed by atoms with Crippen molar-refractivity contribution in [1.82, 2.24) is 15.1 Å². The average molecular weight is 268 g/mol. The third-order valence-corrected chi connectivity index (χ3v) is 4.69. The summed E-state index contributed by atoms with van der Waals surface area (Å²) >= 11 is 0. The van der Waals surface area contributed by atoms with Crippen LogP contribution in [-0.4, -0.2) is 53.3 Å². The zero-order valence-electron chi connectivity index (χ0n) is 13.8. The first-order valence-electron chi connectivity index (χ1n) is 7.36. The molecule has 2 aliphatic rings. The Bertz CT molecular complexity index is 342. The van der Waals surface area contributed by atoms with Crippen LogP contribution < -0.4 is 0 Å². The van der Waals surface area contributed by atoms with Gasteiger partial charge in [-0.3, -0.25) is 9.91 Å². The molecule has 1 aliphatic heterocycles. The number of hydrazine groups is 1. The number of hydroxylamine groups is 1. The smallest absolute Gasteiger partial charge is 0.0201 e. The highest BCUT2D eigenvalue weighted by Gasteiger charge is 2.65. The maximum atomic E-state index is 12.2. The quantitative estimate of drug-likeness (QED) is 0.720. The predicted molar refractivity (Wildman–Crippen MR) is 79.4 cm³/mol. The Balaban J connectivity index is 2.19. The fourth-order valence-corrected chi connectivity index (χ4v) is 3.89. The summed E-state index contributed by atoms with van der Waals surface area (Å²) in [6, 6.07) is 0.691. The number of hydrogen-bond acceptors (Lipinski definition) is 4. The second-order valence-corrected chi connectivity index (χ2v) is 8.52. The van der Waals surface area contributed by atoms with Crippen LogP contribution in [0.25, 0.3) is 0 Å². The lowest BCUT2D eigenvalue weighted by atomic mass is 9.81. The molecule has 2 fully saturated rings. The molecular formula is C15H30N3O-. The van der Waals surface area contributed by atoms with E-state index in [9.17, 15) is 5.21 Å².